The first kappa shape index (κ1) is 14.0. The highest BCUT2D eigenvalue weighted by molar-refractivity contribution is 5.91. The number of halogens is 1. The second-order valence-corrected chi connectivity index (χ2v) is 4.59. The fourth-order valence-corrected chi connectivity index (χ4v) is 1.73. The maximum atomic E-state index is 13.5. The number of hydrogen-bond acceptors (Lipinski definition) is 3. The number of carboxylic acid groups (broad SMARTS) is 1. The van der Waals surface area contributed by atoms with Crippen molar-refractivity contribution in [1.82, 2.24) is 9.78 Å². The average Bonchev–Trinajstić information content (AvgIpc) is 2.84. The van der Waals surface area contributed by atoms with E-state index in [1.165, 1.54) is 12.1 Å². The predicted octanol–water partition coefficient (Wildman–Crippen LogP) is 2.88. The van der Waals surface area contributed by atoms with Crippen LogP contribution in [0.2, 0.25) is 0 Å². The summed E-state index contributed by atoms with van der Waals surface area (Å²) < 4.78 is 20.6. The van der Waals surface area contributed by atoms with Crippen LogP contribution in [0, 0.1) is 5.82 Å². The lowest BCUT2D eigenvalue weighted by atomic mass is 10.2. The van der Waals surface area contributed by atoms with Crippen molar-refractivity contribution in [2.45, 2.75) is 26.5 Å². The fraction of sp³-hybridized carbons (Fsp3) is 0.286. The molecule has 0 saturated carbocycles. The number of nitrogens with zero attached hydrogens (tertiary/aromatic N) is 2. The highest BCUT2D eigenvalue weighted by Gasteiger charge is 2.17. The Balaban J connectivity index is 2.14. The Morgan fingerprint density at radius 1 is 1.45 bits per heavy atom. The van der Waals surface area contributed by atoms with Gasteiger partial charge in [0.1, 0.15) is 23.7 Å². The summed E-state index contributed by atoms with van der Waals surface area (Å²) in [5.41, 5.74) is 0.190. The van der Waals surface area contributed by atoms with Crippen LogP contribution in [0.3, 0.4) is 0 Å². The molecule has 1 aromatic carbocycles. The number of aromatic nitrogens is 2. The zero-order chi connectivity index (χ0) is 14.7. The summed E-state index contributed by atoms with van der Waals surface area (Å²) >= 11 is 0. The fourth-order valence-electron chi connectivity index (χ4n) is 1.73. The van der Waals surface area contributed by atoms with Gasteiger partial charge in [-0.05, 0) is 32.0 Å². The molecular weight excluding hydrogens is 263 g/mol. The SMILES string of the molecule is CC(C)n1ccc(COc2cccc(F)c2C(=O)O)n1. The number of benzene rings is 1. The van der Waals surface area contributed by atoms with Gasteiger partial charge in [-0.15, -0.1) is 0 Å². The maximum absolute atomic E-state index is 13.5. The van der Waals surface area contributed by atoms with E-state index >= 15 is 0 Å². The van der Waals surface area contributed by atoms with Crippen LogP contribution in [-0.2, 0) is 6.61 Å². The van der Waals surface area contributed by atoms with E-state index in [-0.39, 0.29) is 18.4 Å². The molecular formula is C14H15FN2O3. The molecule has 106 valence electrons. The molecule has 0 atom stereocenters. The number of rotatable bonds is 5. The molecule has 5 nitrogen and oxygen atoms in total. The van der Waals surface area contributed by atoms with Gasteiger partial charge in [0.05, 0.1) is 5.69 Å². The standard InChI is InChI=1S/C14H15FN2O3/c1-9(2)17-7-6-10(16-17)8-20-12-5-3-4-11(15)13(12)14(18)19/h3-7,9H,8H2,1-2H3,(H,18,19). The number of carboxylic acids is 1. The van der Waals surface area contributed by atoms with Crippen LogP contribution in [-0.4, -0.2) is 20.9 Å². The number of aromatic carboxylic acids is 1. The summed E-state index contributed by atoms with van der Waals surface area (Å²) in [6, 6.07) is 5.92. The zero-order valence-corrected chi connectivity index (χ0v) is 11.2. The van der Waals surface area contributed by atoms with E-state index in [0.717, 1.165) is 6.07 Å². The molecule has 0 aliphatic heterocycles. The Kier molecular flexibility index (Phi) is 4.02. The number of carbonyl (C=O) groups is 1. The molecule has 0 saturated heterocycles. The van der Waals surface area contributed by atoms with Gasteiger partial charge in [-0.3, -0.25) is 4.68 Å². The van der Waals surface area contributed by atoms with Crippen molar-refractivity contribution < 1.29 is 19.0 Å². The second kappa shape index (κ2) is 5.73. The van der Waals surface area contributed by atoms with E-state index < -0.39 is 17.3 Å². The zero-order valence-electron chi connectivity index (χ0n) is 11.2. The molecule has 2 rings (SSSR count). The first-order valence-electron chi connectivity index (χ1n) is 6.17. The third-order valence-electron chi connectivity index (χ3n) is 2.76. The van der Waals surface area contributed by atoms with E-state index in [1.54, 1.807) is 10.7 Å². The smallest absolute Gasteiger partial charge is 0.342 e. The van der Waals surface area contributed by atoms with E-state index in [9.17, 15) is 9.18 Å². The van der Waals surface area contributed by atoms with Crippen LogP contribution in [0.4, 0.5) is 4.39 Å². The van der Waals surface area contributed by atoms with Gasteiger partial charge >= 0.3 is 5.97 Å². The lowest BCUT2D eigenvalue weighted by Gasteiger charge is -2.08. The topological polar surface area (TPSA) is 64.3 Å². The second-order valence-electron chi connectivity index (χ2n) is 4.59. The van der Waals surface area contributed by atoms with Crippen LogP contribution >= 0.6 is 0 Å². The molecule has 0 radical (unpaired) electrons. The van der Waals surface area contributed by atoms with Gasteiger partial charge in [0.25, 0.3) is 0 Å². The van der Waals surface area contributed by atoms with Crippen LogP contribution in [0.5, 0.6) is 5.75 Å². The van der Waals surface area contributed by atoms with Crippen molar-refractivity contribution >= 4 is 5.97 Å². The van der Waals surface area contributed by atoms with E-state index in [4.69, 9.17) is 9.84 Å². The van der Waals surface area contributed by atoms with Gasteiger partial charge in [0.2, 0.25) is 0 Å². The molecule has 2 aromatic rings. The van der Waals surface area contributed by atoms with Gasteiger partial charge in [-0.2, -0.15) is 5.10 Å². The molecule has 0 aliphatic carbocycles. The van der Waals surface area contributed by atoms with Gasteiger partial charge in [0.15, 0.2) is 0 Å². The normalized spacial score (nSPS) is 10.8. The Bertz CT molecular complexity index is 623. The molecule has 6 heteroatoms. The molecule has 0 unspecified atom stereocenters. The van der Waals surface area contributed by atoms with Crippen LogP contribution in [0.15, 0.2) is 30.5 Å². The van der Waals surface area contributed by atoms with Gasteiger partial charge in [-0.25, -0.2) is 9.18 Å². The Labute approximate surface area is 115 Å². The van der Waals surface area contributed by atoms with Crippen molar-refractivity contribution in [3.8, 4) is 5.75 Å². The summed E-state index contributed by atoms with van der Waals surface area (Å²) in [5, 5.41) is 13.3. The highest BCUT2D eigenvalue weighted by Crippen LogP contribution is 2.22. The quantitative estimate of drug-likeness (QED) is 0.913. The molecule has 0 bridgehead atoms. The van der Waals surface area contributed by atoms with Gasteiger partial charge in [0, 0.05) is 12.2 Å². The van der Waals surface area contributed by atoms with E-state index in [2.05, 4.69) is 5.10 Å². The third kappa shape index (κ3) is 2.96. The summed E-state index contributed by atoms with van der Waals surface area (Å²) in [6.07, 6.45) is 1.81. The van der Waals surface area contributed by atoms with Crippen molar-refractivity contribution in [2.75, 3.05) is 0 Å². The first-order valence-corrected chi connectivity index (χ1v) is 6.17. The van der Waals surface area contributed by atoms with Crippen molar-refractivity contribution in [3.63, 3.8) is 0 Å². The lowest BCUT2D eigenvalue weighted by molar-refractivity contribution is 0.0686. The average molecular weight is 278 g/mol. The monoisotopic (exact) mass is 278 g/mol. The predicted molar refractivity (Wildman–Crippen MR) is 70.3 cm³/mol. The summed E-state index contributed by atoms with van der Waals surface area (Å²) in [7, 11) is 0. The Morgan fingerprint density at radius 2 is 2.20 bits per heavy atom. The van der Waals surface area contributed by atoms with Crippen molar-refractivity contribution in [2.24, 2.45) is 0 Å². The lowest BCUT2D eigenvalue weighted by Crippen LogP contribution is -2.07. The van der Waals surface area contributed by atoms with Crippen molar-refractivity contribution in [1.29, 1.82) is 0 Å². The van der Waals surface area contributed by atoms with Crippen molar-refractivity contribution in [3.05, 3.63) is 47.5 Å². The summed E-state index contributed by atoms with van der Waals surface area (Å²) in [4.78, 5) is 11.0. The largest absolute Gasteiger partial charge is 0.486 e. The molecule has 1 aromatic heterocycles. The summed E-state index contributed by atoms with van der Waals surface area (Å²) in [6.45, 7) is 4.07. The minimum Gasteiger partial charge on any atom is -0.486 e. The molecule has 0 fully saturated rings. The minimum absolute atomic E-state index is 0.00315. The maximum Gasteiger partial charge on any atom is 0.342 e. The molecule has 0 spiro atoms. The van der Waals surface area contributed by atoms with E-state index in [0.29, 0.717) is 5.69 Å². The Hall–Kier alpha value is -2.37. The van der Waals surface area contributed by atoms with Gasteiger partial charge < -0.3 is 9.84 Å². The van der Waals surface area contributed by atoms with Crippen LogP contribution < -0.4 is 4.74 Å². The van der Waals surface area contributed by atoms with Crippen LogP contribution in [0.1, 0.15) is 35.9 Å². The molecule has 1 N–H and O–H groups in total. The molecule has 0 amide bonds. The Morgan fingerprint density at radius 3 is 2.80 bits per heavy atom. The molecule has 0 aliphatic rings. The van der Waals surface area contributed by atoms with Gasteiger partial charge in [-0.1, -0.05) is 6.07 Å². The van der Waals surface area contributed by atoms with E-state index in [1.807, 2.05) is 20.0 Å². The number of ether oxygens (including phenoxy) is 1. The summed E-state index contributed by atoms with van der Waals surface area (Å²) in [5.74, 6) is -2.18. The highest BCUT2D eigenvalue weighted by atomic mass is 19.1. The number of hydrogen-bond donors (Lipinski definition) is 1. The van der Waals surface area contributed by atoms with Crippen LogP contribution in [0.25, 0.3) is 0 Å². The first-order chi connectivity index (χ1) is 9.49. The third-order valence-corrected chi connectivity index (χ3v) is 2.76. The molecule has 20 heavy (non-hydrogen) atoms. The molecule has 1 heterocycles. The minimum atomic E-state index is -1.36.